The third-order valence-corrected chi connectivity index (χ3v) is 11.1. The van der Waals surface area contributed by atoms with Crippen LogP contribution in [0.5, 0.6) is 11.5 Å². The van der Waals surface area contributed by atoms with Crippen molar-refractivity contribution in [1.29, 1.82) is 0 Å². The molecule has 2 fully saturated rings. The van der Waals surface area contributed by atoms with Crippen LogP contribution in [0.4, 0.5) is 21.0 Å². The summed E-state index contributed by atoms with van der Waals surface area (Å²) >= 11 is 12.0. The van der Waals surface area contributed by atoms with Gasteiger partial charge in [0.1, 0.15) is 36.2 Å². The second kappa shape index (κ2) is 21.4. The van der Waals surface area contributed by atoms with E-state index in [1.165, 1.54) is 9.70 Å². The Bertz CT molecular complexity index is 2860. The van der Waals surface area contributed by atoms with Crippen LogP contribution >= 0.6 is 23.2 Å². The monoisotopic (exact) mass is 940 g/mol. The van der Waals surface area contributed by atoms with Crippen LogP contribution in [0, 0.1) is 0 Å². The van der Waals surface area contributed by atoms with Crippen molar-refractivity contribution in [3.8, 4) is 34.3 Å². The Balaban J connectivity index is 0.000000154. The fourth-order valence-electron chi connectivity index (χ4n) is 7.50. The number of halogens is 2. The van der Waals surface area contributed by atoms with Gasteiger partial charge in [-0.15, -0.1) is 20.4 Å². The number of aromatic nitrogens is 8. The molecule has 8 aromatic rings. The molecule has 17 nitrogen and oxygen atoms in total. The zero-order valence-electron chi connectivity index (χ0n) is 35.9. The van der Waals surface area contributed by atoms with Crippen molar-refractivity contribution in [3.63, 3.8) is 0 Å². The van der Waals surface area contributed by atoms with E-state index in [0.717, 1.165) is 22.3 Å². The van der Waals surface area contributed by atoms with Gasteiger partial charge >= 0.3 is 12.2 Å². The number of nitrogens with one attached hydrogen (secondary N) is 1. The Labute approximate surface area is 394 Å². The van der Waals surface area contributed by atoms with Crippen LogP contribution < -0.4 is 19.3 Å². The lowest BCUT2D eigenvalue weighted by atomic mass is 9.99. The molecule has 0 bridgehead atoms. The van der Waals surface area contributed by atoms with Crippen molar-refractivity contribution in [3.05, 3.63) is 179 Å². The fraction of sp³-hybridized carbons (Fsp3) is 0.167. The predicted molar refractivity (Wildman–Crippen MR) is 250 cm³/mol. The van der Waals surface area contributed by atoms with Gasteiger partial charge < -0.3 is 24.1 Å². The van der Waals surface area contributed by atoms with E-state index in [0.29, 0.717) is 44.6 Å². The number of carbonyl (C=O) groups excluding carboxylic acids is 2. The molecule has 2 aliphatic rings. The zero-order valence-corrected chi connectivity index (χ0v) is 37.4. The molecule has 10 rings (SSSR count). The number of aromatic amines is 1. The fourth-order valence-corrected chi connectivity index (χ4v) is 7.76. The summed E-state index contributed by atoms with van der Waals surface area (Å²) in [4.78, 5) is 29.9. The Hall–Kier alpha value is -7.86. The van der Waals surface area contributed by atoms with Crippen molar-refractivity contribution < 1.29 is 33.6 Å². The molecule has 2 aliphatic heterocycles. The van der Waals surface area contributed by atoms with Gasteiger partial charge in [0.15, 0.2) is 6.10 Å². The molecule has 2 amide bonds. The summed E-state index contributed by atoms with van der Waals surface area (Å²) in [6.45, 7) is -0.0325. The molecule has 0 saturated carbocycles. The minimum Gasteiger partial charge on any atom is -0.497 e. The highest BCUT2D eigenvalue weighted by Crippen LogP contribution is 2.40. The number of cyclic esters (lactones) is 2. The molecule has 0 radical (unpaired) electrons. The number of ether oxygens (including phenoxy) is 4. The minimum atomic E-state index is -0.648. The summed E-state index contributed by atoms with van der Waals surface area (Å²) < 4.78 is 21.8. The Kier molecular flexibility index (Phi) is 14.6. The van der Waals surface area contributed by atoms with Gasteiger partial charge in [0.2, 0.25) is 11.6 Å². The average Bonchev–Trinajstić information content (AvgIpc) is 4.20. The highest BCUT2D eigenvalue weighted by atomic mass is 35.5. The van der Waals surface area contributed by atoms with Gasteiger partial charge in [0, 0.05) is 32.5 Å². The number of carbonyl (C=O) groups is 2. The lowest BCUT2D eigenvalue weighted by molar-refractivity contribution is 0.0829. The summed E-state index contributed by atoms with van der Waals surface area (Å²) in [6, 6.07) is 47.3. The summed E-state index contributed by atoms with van der Waals surface area (Å²) in [5, 5.41) is 37.1. The number of tetrazole rings is 2. The number of methoxy groups -OCH3 is 2. The first-order chi connectivity index (χ1) is 32.7. The van der Waals surface area contributed by atoms with Crippen molar-refractivity contribution in [1.82, 2.24) is 40.8 Å². The number of anilines is 2. The molecule has 2 aromatic heterocycles. The maximum Gasteiger partial charge on any atom is 0.415 e. The molecule has 0 aliphatic carbocycles. The summed E-state index contributed by atoms with van der Waals surface area (Å²) in [5.74, 6) is 2.50. The zero-order chi connectivity index (χ0) is 46.7. The van der Waals surface area contributed by atoms with E-state index >= 15 is 0 Å². The normalized spacial score (nSPS) is 17.4. The average molecular weight is 942 g/mol. The van der Waals surface area contributed by atoms with E-state index in [1.807, 2.05) is 109 Å². The van der Waals surface area contributed by atoms with Crippen molar-refractivity contribution >= 4 is 46.8 Å². The smallest absolute Gasteiger partial charge is 0.415 e. The van der Waals surface area contributed by atoms with Crippen LogP contribution in [-0.4, -0.2) is 91.2 Å². The third-order valence-electron chi connectivity index (χ3n) is 10.6. The van der Waals surface area contributed by atoms with Gasteiger partial charge in [-0.25, -0.2) is 9.59 Å². The van der Waals surface area contributed by atoms with Gasteiger partial charge in [-0.2, -0.15) is 10.0 Å². The molecular weight excluding hydrogens is 899 g/mol. The Morgan fingerprint density at radius 1 is 0.612 bits per heavy atom. The van der Waals surface area contributed by atoms with E-state index in [2.05, 4.69) is 36.0 Å². The maximum absolute atomic E-state index is 13.0. The second-order valence-electron chi connectivity index (χ2n) is 14.8. The van der Waals surface area contributed by atoms with Gasteiger partial charge in [0.25, 0.3) is 0 Å². The third kappa shape index (κ3) is 10.8. The summed E-state index contributed by atoms with van der Waals surface area (Å²) in [7, 11) is 3.18. The van der Waals surface area contributed by atoms with Crippen molar-refractivity contribution in [2.45, 2.75) is 30.8 Å². The van der Waals surface area contributed by atoms with Crippen LogP contribution in [-0.2, 0) is 16.0 Å². The number of rotatable bonds is 11. The van der Waals surface area contributed by atoms with Crippen LogP contribution in [0.3, 0.4) is 0 Å². The summed E-state index contributed by atoms with van der Waals surface area (Å²) in [5.41, 5.74) is 4.85. The van der Waals surface area contributed by atoms with E-state index < -0.39 is 36.5 Å². The molecule has 340 valence electrons. The van der Waals surface area contributed by atoms with E-state index in [9.17, 15) is 14.7 Å². The van der Waals surface area contributed by atoms with Gasteiger partial charge in [-0.3, -0.25) is 9.80 Å². The molecule has 2 saturated heterocycles. The molecule has 19 heteroatoms. The second-order valence-corrected chi connectivity index (χ2v) is 15.7. The maximum atomic E-state index is 13.0. The molecule has 2 N–H and O–H groups in total. The first-order valence-electron chi connectivity index (χ1n) is 20.7. The predicted octanol–water partition coefficient (Wildman–Crippen LogP) is 9.04. The number of aliphatic hydroxyl groups excluding tert-OH is 1. The number of amides is 2. The first kappa shape index (κ1) is 45.7. The van der Waals surface area contributed by atoms with Crippen LogP contribution in [0.1, 0.15) is 23.2 Å². The number of hydrogen-bond acceptors (Lipinski definition) is 13. The van der Waals surface area contributed by atoms with E-state index in [-0.39, 0.29) is 13.2 Å². The SMILES string of the molecule is COc1cccc([C@H]2[C@H](CO)OC(=O)N2c2ccc(Cl)cc2)c1.COc1cccc([C@H]2[C@H](Cn3nnc(-c4ccccc4)n3)OC(=O)N2c2ccc(Cl)cc2)c1.c1ccc(-c2nn[nH]n2)cc1. The molecule has 4 heterocycles. The topological polar surface area (TPSA) is 196 Å². The lowest BCUT2D eigenvalue weighted by Gasteiger charge is -2.25. The quantitative estimate of drug-likeness (QED) is 0.125. The van der Waals surface area contributed by atoms with Gasteiger partial charge in [-0.1, -0.05) is 108 Å². The summed E-state index contributed by atoms with van der Waals surface area (Å²) in [6.07, 6.45) is -2.17. The Morgan fingerprint density at radius 3 is 1.58 bits per heavy atom. The highest BCUT2D eigenvalue weighted by molar-refractivity contribution is 6.31. The molecule has 0 spiro atoms. The van der Waals surface area contributed by atoms with Crippen molar-refractivity contribution in [2.75, 3.05) is 30.6 Å². The first-order valence-corrected chi connectivity index (χ1v) is 21.5. The Morgan fingerprint density at radius 2 is 1.10 bits per heavy atom. The molecule has 4 atom stereocenters. The number of aliphatic hydroxyl groups is 1. The standard InChI is InChI=1S/C24H20ClN5O3.C17H16ClNO4.C7H6N4/c1-32-20-9-5-8-17(14-20)22-21(33-24(31)30(22)19-12-10-18(25)11-13-19)15-29-27-23(26-28-29)16-6-3-2-4-7-16;1-22-14-4-2-3-11(9-14)16-15(10-20)23-17(21)19(16)13-7-5-12(18)6-8-13;1-2-4-6(5-3-1)7-8-10-11-9-7/h2-14,21-22H,15H2,1H3;2-9,15-16,20H,10H2,1H3;1-5H,(H,8,9,10,11)/t21-,22-;15-,16-;/m00./s1. The molecular formula is C48H42Cl2N10O7. The lowest BCUT2D eigenvalue weighted by Crippen LogP contribution is -2.31. The van der Waals surface area contributed by atoms with Crippen LogP contribution in [0.25, 0.3) is 22.8 Å². The van der Waals surface area contributed by atoms with E-state index in [1.54, 1.807) is 67.7 Å². The van der Waals surface area contributed by atoms with Crippen molar-refractivity contribution in [2.24, 2.45) is 0 Å². The minimum absolute atomic E-state index is 0.234. The van der Waals surface area contributed by atoms with Gasteiger partial charge in [-0.05, 0) is 94.4 Å². The van der Waals surface area contributed by atoms with Gasteiger partial charge in [0.05, 0.1) is 20.8 Å². The number of nitrogens with zero attached hydrogens (tertiary/aromatic N) is 9. The number of H-pyrrole nitrogens is 1. The molecule has 0 unspecified atom stereocenters. The highest BCUT2D eigenvalue weighted by Gasteiger charge is 2.45. The van der Waals surface area contributed by atoms with Crippen LogP contribution in [0.15, 0.2) is 158 Å². The number of hydrogen-bond donors (Lipinski definition) is 2. The molecule has 67 heavy (non-hydrogen) atoms. The molecule has 6 aromatic carbocycles. The number of benzene rings is 6. The van der Waals surface area contributed by atoms with Crippen LogP contribution in [0.2, 0.25) is 10.0 Å². The largest absolute Gasteiger partial charge is 0.497 e. The van der Waals surface area contributed by atoms with E-state index in [4.69, 9.17) is 42.1 Å².